The largest absolute Gasteiger partial charge is 0.481 e. The predicted molar refractivity (Wildman–Crippen MR) is 70.4 cm³/mol. The van der Waals surface area contributed by atoms with Gasteiger partial charge in [-0.3, -0.25) is 9.59 Å². The van der Waals surface area contributed by atoms with Crippen molar-refractivity contribution in [3.05, 3.63) is 34.1 Å². The van der Waals surface area contributed by atoms with Gasteiger partial charge in [-0.15, -0.1) is 0 Å². The number of rotatable bonds is 4. The molecule has 19 heavy (non-hydrogen) atoms. The van der Waals surface area contributed by atoms with Gasteiger partial charge in [0, 0.05) is 5.56 Å². The second-order valence-electron chi connectivity index (χ2n) is 4.79. The lowest BCUT2D eigenvalue weighted by molar-refractivity contribution is -0.139. The van der Waals surface area contributed by atoms with E-state index in [0.717, 1.165) is 6.42 Å². The average molecular weight is 330 g/mol. The van der Waals surface area contributed by atoms with Crippen LogP contribution in [0.1, 0.15) is 36.0 Å². The zero-order valence-corrected chi connectivity index (χ0v) is 11.7. The van der Waals surface area contributed by atoms with E-state index in [2.05, 4.69) is 21.2 Å². The van der Waals surface area contributed by atoms with Gasteiger partial charge in [0.25, 0.3) is 5.91 Å². The molecule has 102 valence electrons. The number of benzene rings is 1. The molecular formula is C13H13BrFNO3. The molecule has 1 aromatic rings. The van der Waals surface area contributed by atoms with Crippen LogP contribution in [0.4, 0.5) is 4.39 Å². The molecule has 0 heterocycles. The number of hydrogen-bond acceptors (Lipinski definition) is 2. The monoisotopic (exact) mass is 329 g/mol. The zero-order chi connectivity index (χ0) is 14.0. The fourth-order valence-electron chi connectivity index (χ4n) is 2.19. The fraction of sp³-hybridized carbons (Fsp3) is 0.385. The molecule has 1 saturated carbocycles. The summed E-state index contributed by atoms with van der Waals surface area (Å²) in [6, 6.07) is 3.96. The van der Waals surface area contributed by atoms with Gasteiger partial charge in [-0.2, -0.15) is 0 Å². The Balaban J connectivity index is 2.11. The standard InChI is InChI=1S/C13H13BrFNO3/c14-9-6-8(2-3-10(9)15)12(19)16-13(4-1-5-13)7-11(17)18/h2-3,6H,1,4-5,7H2,(H,16,19)(H,17,18). The van der Waals surface area contributed by atoms with Crippen LogP contribution >= 0.6 is 15.9 Å². The van der Waals surface area contributed by atoms with Crippen molar-refractivity contribution in [1.29, 1.82) is 0 Å². The topological polar surface area (TPSA) is 66.4 Å². The molecule has 0 saturated heterocycles. The normalized spacial score (nSPS) is 16.5. The Morgan fingerprint density at radius 1 is 1.42 bits per heavy atom. The minimum atomic E-state index is -0.930. The summed E-state index contributed by atoms with van der Waals surface area (Å²) in [5, 5.41) is 11.6. The lowest BCUT2D eigenvalue weighted by Crippen LogP contribution is -2.54. The summed E-state index contributed by atoms with van der Waals surface area (Å²) < 4.78 is 13.3. The van der Waals surface area contributed by atoms with Crippen LogP contribution in [0, 0.1) is 5.82 Å². The van der Waals surface area contributed by atoms with Crippen LogP contribution in [-0.4, -0.2) is 22.5 Å². The number of carboxylic acid groups (broad SMARTS) is 1. The van der Waals surface area contributed by atoms with E-state index in [-0.39, 0.29) is 16.8 Å². The van der Waals surface area contributed by atoms with Crippen molar-refractivity contribution in [1.82, 2.24) is 5.32 Å². The molecule has 0 aromatic heterocycles. The van der Waals surface area contributed by atoms with Crippen molar-refractivity contribution < 1.29 is 19.1 Å². The molecule has 0 bridgehead atoms. The first-order valence-corrected chi connectivity index (χ1v) is 6.71. The van der Waals surface area contributed by atoms with E-state index in [9.17, 15) is 14.0 Å². The molecule has 2 N–H and O–H groups in total. The summed E-state index contributed by atoms with van der Waals surface area (Å²) in [6.07, 6.45) is 2.14. The van der Waals surface area contributed by atoms with Crippen LogP contribution in [0.3, 0.4) is 0 Å². The Morgan fingerprint density at radius 3 is 2.58 bits per heavy atom. The van der Waals surface area contributed by atoms with Gasteiger partial charge in [0.05, 0.1) is 16.4 Å². The second-order valence-corrected chi connectivity index (χ2v) is 5.64. The molecule has 1 aliphatic rings. The van der Waals surface area contributed by atoms with Crippen molar-refractivity contribution >= 4 is 27.8 Å². The first-order valence-electron chi connectivity index (χ1n) is 5.91. The van der Waals surface area contributed by atoms with Crippen LogP contribution in [0.2, 0.25) is 0 Å². The molecular weight excluding hydrogens is 317 g/mol. The van der Waals surface area contributed by atoms with Crippen molar-refractivity contribution in [2.75, 3.05) is 0 Å². The van der Waals surface area contributed by atoms with E-state index in [0.29, 0.717) is 18.4 Å². The van der Waals surface area contributed by atoms with Gasteiger partial charge >= 0.3 is 5.97 Å². The van der Waals surface area contributed by atoms with Gasteiger partial charge in [0.15, 0.2) is 0 Å². The van der Waals surface area contributed by atoms with Gasteiger partial charge in [-0.1, -0.05) is 0 Å². The van der Waals surface area contributed by atoms with E-state index in [4.69, 9.17) is 5.11 Å². The Labute approximate surface area is 118 Å². The Hall–Kier alpha value is -1.43. The predicted octanol–water partition coefficient (Wildman–Crippen LogP) is 2.72. The number of aliphatic carboxylic acids is 1. The fourth-order valence-corrected chi connectivity index (χ4v) is 2.57. The number of carbonyl (C=O) groups excluding carboxylic acids is 1. The second kappa shape index (κ2) is 5.28. The third-order valence-electron chi connectivity index (χ3n) is 3.36. The van der Waals surface area contributed by atoms with Gasteiger partial charge in [-0.25, -0.2) is 4.39 Å². The molecule has 6 heteroatoms. The highest BCUT2D eigenvalue weighted by molar-refractivity contribution is 9.10. The number of carboxylic acids is 1. The maximum Gasteiger partial charge on any atom is 0.305 e. The summed E-state index contributed by atoms with van der Waals surface area (Å²) in [6.45, 7) is 0. The van der Waals surface area contributed by atoms with Crippen molar-refractivity contribution in [3.8, 4) is 0 Å². The first kappa shape index (κ1) is 14.0. The third-order valence-corrected chi connectivity index (χ3v) is 3.97. The molecule has 0 atom stereocenters. The highest BCUT2D eigenvalue weighted by atomic mass is 79.9. The summed E-state index contributed by atoms with van der Waals surface area (Å²) in [7, 11) is 0. The number of halogens is 2. The Morgan fingerprint density at radius 2 is 2.11 bits per heavy atom. The number of amides is 1. The third kappa shape index (κ3) is 3.12. The first-order chi connectivity index (χ1) is 8.92. The van der Waals surface area contributed by atoms with Gasteiger partial charge < -0.3 is 10.4 Å². The molecule has 4 nitrogen and oxygen atoms in total. The minimum Gasteiger partial charge on any atom is -0.481 e. The molecule has 2 rings (SSSR count). The Bertz CT molecular complexity index is 529. The Kier molecular flexibility index (Phi) is 3.89. The van der Waals surface area contributed by atoms with Gasteiger partial charge in [-0.05, 0) is 53.4 Å². The van der Waals surface area contributed by atoms with E-state index >= 15 is 0 Å². The minimum absolute atomic E-state index is 0.0822. The lowest BCUT2D eigenvalue weighted by Gasteiger charge is -2.41. The van der Waals surface area contributed by atoms with Crippen LogP contribution in [0.15, 0.2) is 22.7 Å². The average Bonchev–Trinajstić information content (AvgIpc) is 2.29. The summed E-state index contributed by atoms with van der Waals surface area (Å²) in [5.74, 6) is -1.75. The summed E-state index contributed by atoms with van der Waals surface area (Å²) in [5.41, 5.74) is -0.339. The van der Waals surface area contributed by atoms with E-state index in [1.165, 1.54) is 18.2 Å². The van der Waals surface area contributed by atoms with Crippen molar-refractivity contribution in [3.63, 3.8) is 0 Å². The van der Waals surface area contributed by atoms with E-state index in [1.54, 1.807) is 0 Å². The number of nitrogens with one attached hydrogen (secondary N) is 1. The molecule has 0 aliphatic heterocycles. The van der Waals surface area contributed by atoms with E-state index in [1.807, 2.05) is 0 Å². The zero-order valence-electron chi connectivity index (χ0n) is 10.1. The SMILES string of the molecule is O=C(O)CC1(NC(=O)c2ccc(F)c(Br)c2)CCC1. The molecule has 0 radical (unpaired) electrons. The quantitative estimate of drug-likeness (QED) is 0.892. The molecule has 1 amide bonds. The molecule has 1 aliphatic carbocycles. The maximum atomic E-state index is 13.1. The summed E-state index contributed by atoms with van der Waals surface area (Å²) in [4.78, 5) is 22.9. The maximum absolute atomic E-state index is 13.1. The number of hydrogen-bond donors (Lipinski definition) is 2. The van der Waals surface area contributed by atoms with Crippen LogP contribution in [-0.2, 0) is 4.79 Å². The van der Waals surface area contributed by atoms with Gasteiger partial charge in [0.2, 0.25) is 0 Å². The van der Waals surface area contributed by atoms with Crippen LogP contribution < -0.4 is 5.32 Å². The molecule has 1 fully saturated rings. The van der Waals surface area contributed by atoms with Crippen molar-refractivity contribution in [2.24, 2.45) is 0 Å². The van der Waals surface area contributed by atoms with Crippen LogP contribution in [0.25, 0.3) is 0 Å². The highest BCUT2D eigenvalue weighted by Crippen LogP contribution is 2.35. The molecule has 0 spiro atoms. The van der Waals surface area contributed by atoms with Crippen LogP contribution in [0.5, 0.6) is 0 Å². The highest BCUT2D eigenvalue weighted by Gasteiger charge is 2.40. The molecule has 1 aromatic carbocycles. The van der Waals surface area contributed by atoms with Crippen molar-refractivity contribution in [2.45, 2.75) is 31.2 Å². The van der Waals surface area contributed by atoms with E-state index < -0.39 is 17.3 Å². The smallest absolute Gasteiger partial charge is 0.305 e. The number of carbonyl (C=O) groups is 2. The summed E-state index contributed by atoms with van der Waals surface area (Å²) >= 11 is 3.02. The molecule has 0 unspecified atom stereocenters. The lowest BCUT2D eigenvalue weighted by atomic mass is 9.74. The van der Waals surface area contributed by atoms with Gasteiger partial charge in [0.1, 0.15) is 5.82 Å².